The van der Waals surface area contributed by atoms with Gasteiger partial charge in [0.05, 0.1) is 0 Å². The van der Waals surface area contributed by atoms with E-state index < -0.39 is 40.7 Å². The van der Waals surface area contributed by atoms with Crippen molar-refractivity contribution in [3.63, 3.8) is 0 Å². The standard InChI is InChI=1S/C8H12F6N2O2S/c1-15-2-4-16(5-3-15)19(17,18)8(13,14)7(11,12)6(9)10/h6H,2-5H2,1H3. The van der Waals surface area contributed by atoms with Crippen molar-refractivity contribution in [1.29, 1.82) is 0 Å². The van der Waals surface area contributed by atoms with Crippen LogP contribution in [0.3, 0.4) is 0 Å². The third-order valence-corrected chi connectivity index (χ3v) is 4.75. The summed E-state index contributed by atoms with van der Waals surface area (Å²) in [5.41, 5.74) is 0. The Morgan fingerprint density at radius 2 is 1.42 bits per heavy atom. The van der Waals surface area contributed by atoms with Crippen LogP contribution in [-0.4, -0.2) is 68.5 Å². The molecule has 0 saturated carbocycles. The van der Waals surface area contributed by atoms with Crippen LogP contribution < -0.4 is 0 Å². The molecule has 1 heterocycles. The Kier molecular flexibility index (Phi) is 4.42. The molecule has 0 bridgehead atoms. The zero-order valence-corrected chi connectivity index (χ0v) is 10.6. The summed E-state index contributed by atoms with van der Waals surface area (Å²) >= 11 is 0. The number of rotatable bonds is 4. The molecule has 0 radical (unpaired) electrons. The number of likely N-dealkylation sites (N-methyl/N-ethyl adjacent to an activating group) is 1. The van der Waals surface area contributed by atoms with Crippen LogP contribution in [0.25, 0.3) is 0 Å². The van der Waals surface area contributed by atoms with Crippen LogP contribution >= 0.6 is 0 Å². The number of hydrogen-bond donors (Lipinski definition) is 0. The highest BCUT2D eigenvalue weighted by Crippen LogP contribution is 2.44. The third kappa shape index (κ3) is 2.68. The maximum Gasteiger partial charge on any atom is 0.426 e. The van der Waals surface area contributed by atoms with Crippen molar-refractivity contribution in [2.75, 3.05) is 33.2 Å². The lowest BCUT2D eigenvalue weighted by Crippen LogP contribution is -2.59. The molecule has 0 aromatic carbocycles. The second-order valence-corrected chi connectivity index (χ2v) is 6.13. The molecule has 0 aromatic heterocycles. The second-order valence-electron chi connectivity index (χ2n) is 4.15. The summed E-state index contributed by atoms with van der Waals surface area (Å²) in [4.78, 5) is 1.59. The van der Waals surface area contributed by atoms with Crippen LogP contribution in [0.1, 0.15) is 0 Å². The summed E-state index contributed by atoms with van der Waals surface area (Å²) in [6.45, 7) is -0.799. The van der Waals surface area contributed by atoms with Gasteiger partial charge < -0.3 is 4.90 Å². The molecule has 1 aliphatic heterocycles. The minimum Gasteiger partial charge on any atom is -0.304 e. The number of sulfonamides is 1. The number of hydrogen-bond acceptors (Lipinski definition) is 3. The Bertz CT molecular complexity index is 419. The fourth-order valence-electron chi connectivity index (χ4n) is 1.49. The van der Waals surface area contributed by atoms with E-state index in [-0.39, 0.29) is 17.4 Å². The van der Waals surface area contributed by atoms with E-state index in [4.69, 9.17) is 0 Å². The maximum atomic E-state index is 13.2. The van der Waals surface area contributed by atoms with Crippen LogP contribution in [0.15, 0.2) is 0 Å². The lowest BCUT2D eigenvalue weighted by Gasteiger charge is -2.35. The summed E-state index contributed by atoms with van der Waals surface area (Å²) in [5, 5.41) is -5.84. The Morgan fingerprint density at radius 1 is 1.00 bits per heavy atom. The second kappa shape index (κ2) is 5.09. The van der Waals surface area contributed by atoms with Gasteiger partial charge in [0.1, 0.15) is 0 Å². The Balaban J connectivity index is 3.05. The van der Waals surface area contributed by atoms with E-state index in [1.165, 1.54) is 0 Å². The van der Waals surface area contributed by atoms with Gasteiger partial charge in [-0.15, -0.1) is 0 Å². The van der Waals surface area contributed by atoms with Gasteiger partial charge in [-0.2, -0.15) is 21.9 Å². The first kappa shape index (κ1) is 16.5. The first-order valence-electron chi connectivity index (χ1n) is 5.16. The number of halogens is 6. The molecule has 1 saturated heterocycles. The molecule has 0 aromatic rings. The number of nitrogens with zero attached hydrogens (tertiary/aromatic N) is 2. The lowest BCUT2D eigenvalue weighted by molar-refractivity contribution is -0.226. The van der Waals surface area contributed by atoms with Gasteiger partial charge >= 0.3 is 17.6 Å². The molecule has 0 atom stereocenters. The molecule has 1 fully saturated rings. The van der Waals surface area contributed by atoms with Crippen LogP contribution in [0.2, 0.25) is 0 Å². The van der Waals surface area contributed by atoms with Gasteiger partial charge in [-0.3, -0.25) is 0 Å². The Hall–Kier alpha value is -0.550. The topological polar surface area (TPSA) is 40.6 Å². The molecule has 114 valence electrons. The summed E-state index contributed by atoms with van der Waals surface area (Å²) in [7, 11) is -4.27. The smallest absolute Gasteiger partial charge is 0.304 e. The van der Waals surface area contributed by atoms with Gasteiger partial charge in [0.15, 0.2) is 0 Å². The zero-order valence-electron chi connectivity index (χ0n) is 9.79. The van der Waals surface area contributed by atoms with Gasteiger partial charge in [0.25, 0.3) is 10.0 Å². The predicted octanol–water partition coefficient (Wildman–Crippen LogP) is 1.06. The first-order chi connectivity index (χ1) is 8.44. The van der Waals surface area contributed by atoms with Crippen LogP contribution in [-0.2, 0) is 10.0 Å². The van der Waals surface area contributed by atoms with Crippen molar-refractivity contribution in [2.24, 2.45) is 0 Å². The Labute approximate surface area is 106 Å². The van der Waals surface area contributed by atoms with Crippen molar-refractivity contribution in [3.8, 4) is 0 Å². The molecule has 0 spiro atoms. The molecule has 1 aliphatic rings. The van der Waals surface area contributed by atoms with Crippen molar-refractivity contribution in [1.82, 2.24) is 9.21 Å². The molecular weight excluding hydrogens is 302 g/mol. The van der Waals surface area contributed by atoms with Crippen molar-refractivity contribution < 1.29 is 34.8 Å². The molecule has 4 nitrogen and oxygen atoms in total. The van der Waals surface area contributed by atoms with E-state index in [1.807, 2.05) is 0 Å². The number of piperazine rings is 1. The quantitative estimate of drug-likeness (QED) is 0.729. The molecule has 19 heavy (non-hydrogen) atoms. The lowest BCUT2D eigenvalue weighted by atomic mass is 10.4. The molecule has 0 aliphatic carbocycles. The fourth-order valence-corrected chi connectivity index (χ4v) is 2.89. The van der Waals surface area contributed by atoms with Gasteiger partial charge in [-0.25, -0.2) is 17.2 Å². The van der Waals surface area contributed by atoms with Crippen LogP contribution in [0, 0.1) is 0 Å². The molecule has 0 N–H and O–H groups in total. The monoisotopic (exact) mass is 314 g/mol. The van der Waals surface area contributed by atoms with Crippen molar-refractivity contribution >= 4 is 10.0 Å². The SMILES string of the molecule is CN1CCN(S(=O)(=O)C(F)(F)C(F)(F)C(F)F)CC1. The van der Waals surface area contributed by atoms with Gasteiger partial charge in [0.2, 0.25) is 0 Å². The van der Waals surface area contributed by atoms with Crippen LogP contribution in [0.5, 0.6) is 0 Å². The average Bonchev–Trinajstić information content (AvgIpc) is 2.28. The highest BCUT2D eigenvalue weighted by Gasteiger charge is 2.72. The number of alkyl halides is 6. The van der Waals surface area contributed by atoms with E-state index in [1.54, 1.807) is 11.9 Å². The summed E-state index contributed by atoms with van der Waals surface area (Å²) < 4.78 is 98.8. The molecule has 1 rings (SSSR count). The highest BCUT2D eigenvalue weighted by atomic mass is 32.2. The minimum atomic E-state index is -5.94. The van der Waals surface area contributed by atoms with Gasteiger partial charge in [-0.05, 0) is 7.05 Å². The molecular formula is C8H12F6N2O2S. The largest absolute Gasteiger partial charge is 0.426 e. The van der Waals surface area contributed by atoms with E-state index in [0.717, 1.165) is 0 Å². The van der Waals surface area contributed by atoms with E-state index in [0.29, 0.717) is 0 Å². The first-order valence-corrected chi connectivity index (χ1v) is 6.60. The maximum absolute atomic E-state index is 13.2. The fraction of sp³-hybridized carbons (Fsp3) is 1.00. The Morgan fingerprint density at radius 3 is 1.79 bits per heavy atom. The normalized spacial score (nSPS) is 21.1. The average molecular weight is 314 g/mol. The van der Waals surface area contributed by atoms with Crippen LogP contribution in [0.4, 0.5) is 26.3 Å². The van der Waals surface area contributed by atoms with E-state index >= 15 is 0 Å². The predicted molar refractivity (Wildman–Crippen MR) is 53.9 cm³/mol. The molecule has 0 unspecified atom stereocenters. The van der Waals surface area contributed by atoms with E-state index in [2.05, 4.69) is 0 Å². The van der Waals surface area contributed by atoms with E-state index in [9.17, 15) is 34.8 Å². The summed E-state index contributed by atoms with van der Waals surface area (Å²) in [6.07, 6.45) is -4.77. The minimum absolute atomic E-state index is 0.0512. The van der Waals surface area contributed by atoms with Gasteiger partial charge in [0, 0.05) is 26.2 Å². The van der Waals surface area contributed by atoms with Gasteiger partial charge in [-0.1, -0.05) is 0 Å². The molecule has 0 amide bonds. The highest BCUT2D eigenvalue weighted by molar-refractivity contribution is 7.90. The molecule has 11 heteroatoms. The summed E-state index contributed by atoms with van der Waals surface area (Å²) in [6, 6.07) is 0. The summed E-state index contributed by atoms with van der Waals surface area (Å²) in [5.74, 6) is -5.94. The zero-order chi connectivity index (χ0) is 15.1. The third-order valence-electron chi connectivity index (χ3n) is 2.79. The van der Waals surface area contributed by atoms with Crippen molar-refractivity contribution in [3.05, 3.63) is 0 Å². The van der Waals surface area contributed by atoms with Crippen molar-refractivity contribution in [2.45, 2.75) is 17.6 Å².